The van der Waals surface area contributed by atoms with Crippen LogP contribution in [-0.4, -0.2) is 39.5 Å². The summed E-state index contributed by atoms with van der Waals surface area (Å²) in [7, 11) is 0. The number of aromatic nitrogens is 2. The van der Waals surface area contributed by atoms with Crippen LogP contribution in [0.2, 0.25) is 0 Å². The number of aryl methyl sites for hydroxylation is 2. The molecule has 0 saturated carbocycles. The van der Waals surface area contributed by atoms with Crippen molar-refractivity contribution in [3.8, 4) is 5.75 Å². The van der Waals surface area contributed by atoms with Crippen molar-refractivity contribution < 1.29 is 9.84 Å². The predicted octanol–water partition coefficient (Wildman–Crippen LogP) is 2.91. The summed E-state index contributed by atoms with van der Waals surface area (Å²) in [5, 5.41) is 13.6. The molecule has 132 valence electrons. The third-order valence-corrected chi connectivity index (χ3v) is 4.38. The lowest BCUT2D eigenvalue weighted by molar-refractivity contribution is 0.197. The van der Waals surface area contributed by atoms with Crippen LogP contribution >= 0.6 is 0 Å². The average molecular weight is 331 g/mol. The number of ether oxygens (including phenoxy) is 1. The van der Waals surface area contributed by atoms with Gasteiger partial charge in [-0.2, -0.15) is 5.10 Å². The maximum Gasteiger partial charge on any atom is 0.123 e. The molecule has 1 aromatic carbocycles. The van der Waals surface area contributed by atoms with Crippen LogP contribution in [0.25, 0.3) is 0 Å². The van der Waals surface area contributed by atoms with Gasteiger partial charge in [-0.25, -0.2) is 0 Å². The number of rotatable bonds is 9. The standard InChI is InChI=1S/C19H29N3O2/c1-5-21(14-18-15(3)20-22(6-2)16(18)4)13-17-9-7-8-10-19(17)24-12-11-23/h7-10,23H,5-6,11-14H2,1-4H3. The number of aliphatic hydroxyl groups is 1. The molecular formula is C19H29N3O2. The third kappa shape index (κ3) is 4.36. The van der Waals surface area contributed by atoms with Gasteiger partial charge >= 0.3 is 0 Å². The van der Waals surface area contributed by atoms with E-state index in [2.05, 4.69) is 48.4 Å². The lowest BCUT2D eigenvalue weighted by Gasteiger charge is -2.22. The summed E-state index contributed by atoms with van der Waals surface area (Å²) in [6.07, 6.45) is 0. The van der Waals surface area contributed by atoms with Crippen LogP contribution in [0.1, 0.15) is 36.4 Å². The SMILES string of the molecule is CCN(Cc1ccccc1OCCO)Cc1c(C)nn(CC)c1C. The zero-order chi connectivity index (χ0) is 17.5. The second-order valence-corrected chi connectivity index (χ2v) is 5.95. The average Bonchev–Trinajstić information content (AvgIpc) is 2.87. The summed E-state index contributed by atoms with van der Waals surface area (Å²) in [6.45, 7) is 12.4. The van der Waals surface area contributed by atoms with E-state index in [0.29, 0.717) is 6.61 Å². The normalized spacial score (nSPS) is 11.2. The Kier molecular flexibility index (Phi) is 6.82. The molecule has 0 radical (unpaired) electrons. The molecule has 1 heterocycles. The fraction of sp³-hybridized carbons (Fsp3) is 0.526. The van der Waals surface area contributed by atoms with Gasteiger partial charge in [0.1, 0.15) is 12.4 Å². The minimum Gasteiger partial charge on any atom is -0.491 e. The summed E-state index contributed by atoms with van der Waals surface area (Å²) in [5.74, 6) is 0.850. The number of benzene rings is 1. The minimum atomic E-state index is 0.0282. The summed E-state index contributed by atoms with van der Waals surface area (Å²) in [5.41, 5.74) is 4.81. The molecule has 0 amide bonds. The van der Waals surface area contributed by atoms with E-state index in [-0.39, 0.29) is 6.61 Å². The van der Waals surface area contributed by atoms with Gasteiger partial charge in [0.2, 0.25) is 0 Å². The molecule has 2 aromatic rings. The molecule has 0 bridgehead atoms. The van der Waals surface area contributed by atoms with Crippen LogP contribution in [0.15, 0.2) is 24.3 Å². The summed E-state index contributed by atoms with van der Waals surface area (Å²) >= 11 is 0. The van der Waals surface area contributed by atoms with E-state index >= 15 is 0 Å². The monoisotopic (exact) mass is 331 g/mol. The molecule has 5 heteroatoms. The van der Waals surface area contributed by atoms with Gasteiger partial charge in [-0.1, -0.05) is 25.1 Å². The Morgan fingerprint density at radius 2 is 1.92 bits per heavy atom. The van der Waals surface area contributed by atoms with Crippen LogP contribution in [-0.2, 0) is 19.6 Å². The largest absolute Gasteiger partial charge is 0.491 e. The molecular weight excluding hydrogens is 302 g/mol. The number of para-hydroxylation sites is 1. The second-order valence-electron chi connectivity index (χ2n) is 5.95. The molecule has 1 N–H and O–H groups in total. The topological polar surface area (TPSA) is 50.5 Å². The van der Waals surface area contributed by atoms with E-state index in [1.807, 2.05) is 18.2 Å². The number of aliphatic hydroxyl groups excluding tert-OH is 1. The Morgan fingerprint density at radius 1 is 1.17 bits per heavy atom. The summed E-state index contributed by atoms with van der Waals surface area (Å²) in [6, 6.07) is 8.04. The highest BCUT2D eigenvalue weighted by Crippen LogP contribution is 2.22. The van der Waals surface area contributed by atoms with Crippen molar-refractivity contribution in [1.82, 2.24) is 14.7 Å². The first kappa shape index (κ1) is 18.5. The quantitative estimate of drug-likeness (QED) is 0.767. The Balaban J connectivity index is 2.15. The molecule has 24 heavy (non-hydrogen) atoms. The van der Waals surface area contributed by atoms with E-state index in [0.717, 1.165) is 43.2 Å². The highest BCUT2D eigenvalue weighted by Gasteiger charge is 2.15. The van der Waals surface area contributed by atoms with Gasteiger partial charge in [-0.05, 0) is 33.4 Å². The van der Waals surface area contributed by atoms with E-state index in [1.165, 1.54) is 11.3 Å². The van der Waals surface area contributed by atoms with Crippen molar-refractivity contribution in [2.45, 2.75) is 47.3 Å². The van der Waals surface area contributed by atoms with Gasteiger partial charge < -0.3 is 9.84 Å². The van der Waals surface area contributed by atoms with Crippen LogP contribution in [0.5, 0.6) is 5.75 Å². The molecule has 0 aliphatic carbocycles. The van der Waals surface area contributed by atoms with Crippen LogP contribution in [0, 0.1) is 13.8 Å². The van der Waals surface area contributed by atoms with Gasteiger partial charge in [0.25, 0.3) is 0 Å². The molecule has 1 aromatic heterocycles. The zero-order valence-corrected chi connectivity index (χ0v) is 15.2. The summed E-state index contributed by atoms with van der Waals surface area (Å²) in [4.78, 5) is 2.39. The lowest BCUT2D eigenvalue weighted by Crippen LogP contribution is -2.23. The van der Waals surface area contributed by atoms with Crippen molar-refractivity contribution in [1.29, 1.82) is 0 Å². The molecule has 0 aliphatic rings. The van der Waals surface area contributed by atoms with Gasteiger partial charge in [0, 0.05) is 36.5 Å². The Bertz CT molecular complexity index is 652. The van der Waals surface area contributed by atoms with Crippen molar-refractivity contribution in [2.24, 2.45) is 0 Å². The van der Waals surface area contributed by atoms with Crippen LogP contribution in [0.4, 0.5) is 0 Å². The second kappa shape index (κ2) is 8.85. The number of hydrogen-bond donors (Lipinski definition) is 1. The molecule has 2 rings (SSSR count). The Hall–Kier alpha value is -1.85. The predicted molar refractivity (Wildman–Crippen MR) is 96.2 cm³/mol. The highest BCUT2D eigenvalue weighted by atomic mass is 16.5. The fourth-order valence-electron chi connectivity index (χ4n) is 2.95. The van der Waals surface area contributed by atoms with Gasteiger partial charge in [-0.3, -0.25) is 9.58 Å². The molecule has 0 fully saturated rings. The van der Waals surface area contributed by atoms with Gasteiger partial charge in [-0.15, -0.1) is 0 Å². The van der Waals surface area contributed by atoms with Crippen molar-refractivity contribution in [3.05, 3.63) is 46.8 Å². The maximum atomic E-state index is 8.98. The van der Waals surface area contributed by atoms with Crippen molar-refractivity contribution >= 4 is 0 Å². The molecule has 0 atom stereocenters. The number of nitrogens with zero attached hydrogens (tertiary/aromatic N) is 3. The number of hydrogen-bond acceptors (Lipinski definition) is 4. The molecule has 0 spiro atoms. The first-order valence-corrected chi connectivity index (χ1v) is 8.67. The Morgan fingerprint density at radius 3 is 2.54 bits per heavy atom. The van der Waals surface area contributed by atoms with Crippen LogP contribution in [0.3, 0.4) is 0 Å². The van der Waals surface area contributed by atoms with E-state index in [1.54, 1.807) is 0 Å². The molecule has 0 saturated heterocycles. The fourth-order valence-corrected chi connectivity index (χ4v) is 2.95. The summed E-state index contributed by atoms with van der Waals surface area (Å²) < 4.78 is 7.72. The van der Waals surface area contributed by atoms with Crippen molar-refractivity contribution in [2.75, 3.05) is 19.8 Å². The third-order valence-electron chi connectivity index (χ3n) is 4.38. The van der Waals surface area contributed by atoms with Crippen molar-refractivity contribution in [3.63, 3.8) is 0 Å². The van der Waals surface area contributed by atoms with Gasteiger partial charge in [0.05, 0.1) is 12.3 Å². The smallest absolute Gasteiger partial charge is 0.123 e. The van der Waals surface area contributed by atoms with Gasteiger partial charge in [0.15, 0.2) is 0 Å². The van der Waals surface area contributed by atoms with Crippen LogP contribution < -0.4 is 4.74 Å². The zero-order valence-electron chi connectivity index (χ0n) is 15.2. The van der Waals surface area contributed by atoms with E-state index in [9.17, 15) is 0 Å². The first-order valence-electron chi connectivity index (χ1n) is 8.67. The molecule has 5 nitrogen and oxygen atoms in total. The van der Waals surface area contributed by atoms with E-state index < -0.39 is 0 Å². The minimum absolute atomic E-state index is 0.0282. The molecule has 0 aliphatic heterocycles. The maximum absolute atomic E-state index is 8.98. The lowest BCUT2D eigenvalue weighted by atomic mass is 10.1. The van der Waals surface area contributed by atoms with E-state index in [4.69, 9.17) is 9.84 Å². The molecule has 0 unspecified atom stereocenters. The first-order chi connectivity index (χ1) is 11.6. The Labute approximate surface area is 144 Å². The highest BCUT2D eigenvalue weighted by molar-refractivity contribution is 5.33.